The maximum Gasteiger partial charge on any atom is 0.00201 e. The lowest BCUT2D eigenvalue weighted by Crippen LogP contribution is -2.42. The largest absolute Gasteiger partial charge is 0.330 e. The molecule has 0 amide bonds. The third-order valence-corrected chi connectivity index (χ3v) is 4.49. The molecule has 1 rings (SSSR count). The predicted molar refractivity (Wildman–Crippen MR) is 66.8 cm³/mol. The highest BCUT2D eigenvalue weighted by atomic mass is 14.9. The van der Waals surface area contributed by atoms with Gasteiger partial charge in [0.25, 0.3) is 0 Å². The van der Waals surface area contributed by atoms with E-state index in [1.54, 1.807) is 0 Å². The molecule has 0 aliphatic heterocycles. The van der Waals surface area contributed by atoms with Crippen molar-refractivity contribution < 1.29 is 0 Å². The summed E-state index contributed by atoms with van der Waals surface area (Å²) in [4.78, 5) is 0. The van der Waals surface area contributed by atoms with E-state index in [2.05, 4.69) is 39.9 Å². The molecule has 0 unspecified atom stereocenters. The molecule has 2 nitrogen and oxygen atoms in total. The minimum absolute atomic E-state index is 0.331. The molecular weight excluding hydrogens is 184 g/mol. The Balaban J connectivity index is 2.31. The van der Waals surface area contributed by atoms with E-state index in [-0.39, 0.29) is 0 Å². The monoisotopic (exact) mass is 212 g/mol. The summed E-state index contributed by atoms with van der Waals surface area (Å²) >= 11 is 0. The molecule has 1 saturated carbocycles. The van der Waals surface area contributed by atoms with E-state index in [0.29, 0.717) is 16.2 Å². The van der Waals surface area contributed by atoms with Gasteiger partial charge < -0.3 is 11.1 Å². The van der Waals surface area contributed by atoms with Gasteiger partial charge in [0.15, 0.2) is 0 Å². The highest BCUT2D eigenvalue weighted by Gasteiger charge is 2.41. The Kier molecular flexibility index (Phi) is 3.52. The van der Waals surface area contributed by atoms with Gasteiger partial charge in [-0.15, -0.1) is 0 Å². The third-order valence-electron chi connectivity index (χ3n) is 4.49. The summed E-state index contributed by atoms with van der Waals surface area (Å²) in [7, 11) is 0. The smallest absolute Gasteiger partial charge is 0.00201 e. The Morgan fingerprint density at radius 1 is 1.13 bits per heavy atom. The fourth-order valence-electron chi connectivity index (χ4n) is 1.54. The average molecular weight is 212 g/mol. The van der Waals surface area contributed by atoms with Crippen molar-refractivity contribution in [3.8, 4) is 0 Å². The maximum absolute atomic E-state index is 5.76. The second-order valence-corrected chi connectivity index (χ2v) is 6.94. The first-order valence-electron chi connectivity index (χ1n) is 6.13. The number of hydrogen-bond donors (Lipinski definition) is 2. The summed E-state index contributed by atoms with van der Waals surface area (Å²) in [6.07, 6.45) is 2.62. The lowest BCUT2D eigenvalue weighted by Gasteiger charge is -2.39. The minimum Gasteiger partial charge on any atom is -0.330 e. The minimum atomic E-state index is 0.331. The van der Waals surface area contributed by atoms with Gasteiger partial charge in [0.1, 0.15) is 0 Å². The van der Waals surface area contributed by atoms with Crippen molar-refractivity contribution in [2.24, 2.45) is 22.0 Å². The summed E-state index contributed by atoms with van der Waals surface area (Å²) in [6, 6.07) is 0. The van der Waals surface area contributed by atoms with Crippen LogP contribution in [0.1, 0.15) is 47.5 Å². The summed E-state index contributed by atoms with van der Waals surface area (Å²) in [5, 5.41) is 3.61. The van der Waals surface area contributed by atoms with Crippen molar-refractivity contribution in [2.45, 2.75) is 47.5 Å². The fourth-order valence-corrected chi connectivity index (χ4v) is 1.54. The Morgan fingerprint density at radius 3 is 2.00 bits per heavy atom. The normalized spacial score (nSPS) is 20.4. The SMILES string of the molecule is CC(C)(C)C(C)(C)CNCC1(CN)CC1. The number of rotatable bonds is 5. The molecule has 0 aromatic rings. The Hall–Kier alpha value is -0.0800. The van der Waals surface area contributed by atoms with Gasteiger partial charge in [-0.25, -0.2) is 0 Å². The van der Waals surface area contributed by atoms with Crippen LogP contribution in [0.3, 0.4) is 0 Å². The second kappa shape index (κ2) is 4.06. The van der Waals surface area contributed by atoms with E-state index in [0.717, 1.165) is 19.6 Å². The van der Waals surface area contributed by atoms with Gasteiger partial charge in [-0.05, 0) is 35.6 Å². The van der Waals surface area contributed by atoms with Crippen LogP contribution in [-0.2, 0) is 0 Å². The second-order valence-electron chi connectivity index (χ2n) is 6.94. The van der Waals surface area contributed by atoms with Crippen molar-refractivity contribution in [3.05, 3.63) is 0 Å². The standard InChI is InChI=1S/C13H28N2/c1-11(2,3)12(4,5)9-15-10-13(8-14)6-7-13/h15H,6-10,14H2,1-5H3. The Morgan fingerprint density at radius 2 is 1.67 bits per heavy atom. The molecule has 0 aromatic carbocycles. The molecule has 90 valence electrons. The molecular formula is C13H28N2. The van der Waals surface area contributed by atoms with Gasteiger partial charge in [0.2, 0.25) is 0 Å². The summed E-state index contributed by atoms with van der Waals surface area (Å²) in [5.41, 5.74) is 6.89. The third kappa shape index (κ3) is 3.18. The summed E-state index contributed by atoms with van der Waals surface area (Å²) < 4.78 is 0. The topological polar surface area (TPSA) is 38.0 Å². The first kappa shape index (κ1) is 13.0. The van der Waals surface area contributed by atoms with Crippen molar-refractivity contribution in [2.75, 3.05) is 19.6 Å². The molecule has 0 radical (unpaired) electrons. The molecule has 0 saturated heterocycles. The van der Waals surface area contributed by atoms with Crippen molar-refractivity contribution in [1.82, 2.24) is 5.32 Å². The zero-order chi connectivity index (χ0) is 11.7. The van der Waals surface area contributed by atoms with E-state index in [9.17, 15) is 0 Å². The maximum atomic E-state index is 5.76. The average Bonchev–Trinajstić information content (AvgIpc) is 2.83. The van der Waals surface area contributed by atoms with Crippen LogP contribution in [0.4, 0.5) is 0 Å². The molecule has 3 N–H and O–H groups in total. The number of hydrogen-bond acceptors (Lipinski definition) is 2. The zero-order valence-electron chi connectivity index (χ0n) is 11.1. The van der Waals surface area contributed by atoms with E-state index in [1.807, 2.05) is 0 Å². The molecule has 0 aromatic heterocycles. The van der Waals surface area contributed by atoms with Gasteiger partial charge in [-0.1, -0.05) is 34.6 Å². The lowest BCUT2D eigenvalue weighted by atomic mass is 9.69. The molecule has 1 aliphatic carbocycles. The molecule has 15 heavy (non-hydrogen) atoms. The van der Waals surface area contributed by atoms with Gasteiger partial charge in [0.05, 0.1) is 0 Å². The van der Waals surface area contributed by atoms with Gasteiger partial charge in [-0.2, -0.15) is 0 Å². The van der Waals surface area contributed by atoms with Crippen LogP contribution in [0, 0.1) is 16.2 Å². The van der Waals surface area contributed by atoms with Crippen LogP contribution >= 0.6 is 0 Å². The number of nitrogens with two attached hydrogens (primary N) is 1. The van der Waals surface area contributed by atoms with E-state index in [1.165, 1.54) is 12.8 Å². The highest BCUT2D eigenvalue weighted by Crippen LogP contribution is 2.44. The Labute approximate surface area is 95.0 Å². The quantitative estimate of drug-likeness (QED) is 0.734. The molecule has 1 fully saturated rings. The van der Waals surface area contributed by atoms with Crippen LogP contribution in [0.15, 0.2) is 0 Å². The molecule has 0 spiro atoms. The van der Waals surface area contributed by atoms with Crippen LogP contribution in [0.2, 0.25) is 0 Å². The van der Waals surface area contributed by atoms with Crippen LogP contribution in [-0.4, -0.2) is 19.6 Å². The van der Waals surface area contributed by atoms with Gasteiger partial charge in [0, 0.05) is 13.1 Å². The van der Waals surface area contributed by atoms with Crippen LogP contribution in [0.25, 0.3) is 0 Å². The molecule has 0 atom stereocenters. The lowest BCUT2D eigenvalue weighted by molar-refractivity contribution is 0.127. The van der Waals surface area contributed by atoms with Crippen molar-refractivity contribution in [1.29, 1.82) is 0 Å². The predicted octanol–water partition coefficient (Wildman–Crippen LogP) is 2.39. The summed E-state index contributed by atoms with van der Waals surface area (Å²) in [5.74, 6) is 0. The zero-order valence-corrected chi connectivity index (χ0v) is 11.1. The Bertz CT molecular complexity index is 209. The van der Waals surface area contributed by atoms with E-state index in [4.69, 9.17) is 5.73 Å². The molecule has 1 aliphatic rings. The molecule has 2 heteroatoms. The number of nitrogens with one attached hydrogen (secondary N) is 1. The van der Waals surface area contributed by atoms with Gasteiger partial charge >= 0.3 is 0 Å². The molecule has 0 bridgehead atoms. The first-order chi connectivity index (χ1) is 6.72. The molecule has 0 heterocycles. The highest BCUT2D eigenvalue weighted by molar-refractivity contribution is 4.96. The van der Waals surface area contributed by atoms with Gasteiger partial charge in [-0.3, -0.25) is 0 Å². The first-order valence-corrected chi connectivity index (χ1v) is 6.13. The van der Waals surface area contributed by atoms with Crippen LogP contribution < -0.4 is 11.1 Å². The fraction of sp³-hybridized carbons (Fsp3) is 1.00. The van der Waals surface area contributed by atoms with Crippen molar-refractivity contribution in [3.63, 3.8) is 0 Å². The van der Waals surface area contributed by atoms with E-state index >= 15 is 0 Å². The summed E-state index contributed by atoms with van der Waals surface area (Å²) in [6.45, 7) is 14.6. The van der Waals surface area contributed by atoms with Crippen molar-refractivity contribution >= 4 is 0 Å². The van der Waals surface area contributed by atoms with E-state index < -0.39 is 0 Å². The van der Waals surface area contributed by atoms with Crippen LogP contribution in [0.5, 0.6) is 0 Å².